The van der Waals surface area contributed by atoms with Crippen LogP contribution in [0.15, 0.2) is 58.6 Å². The zero-order valence-corrected chi connectivity index (χ0v) is 20.5. The van der Waals surface area contributed by atoms with Gasteiger partial charge in [-0.1, -0.05) is 29.4 Å². The number of nitrogens with zero attached hydrogens (tertiary/aromatic N) is 5. The van der Waals surface area contributed by atoms with Crippen molar-refractivity contribution in [2.24, 2.45) is 10.1 Å². The number of azide groups is 1. The third-order valence-electron chi connectivity index (χ3n) is 6.58. The van der Waals surface area contributed by atoms with Crippen molar-refractivity contribution in [2.45, 2.75) is 50.8 Å². The summed E-state index contributed by atoms with van der Waals surface area (Å²) in [5, 5.41) is 14.6. The molecule has 190 valence electrons. The first kappa shape index (κ1) is 25.5. The molecule has 2 aromatic carbocycles. The van der Waals surface area contributed by atoms with Gasteiger partial charge in [0, 0.05) is 43.0 Å². The minimum Gasteiger partial charge on any atom is -0.494 e. The lowest BCUT2D eigenvalue weighted by Crippen LogP contribution is -2.56. The van der Waals surface area contributed by atoms with Gasteiger partial charge in [0.15, 0.2) is 5.54 Å². The van der Waals surface area contributed by atoms with Crippen LogP contribution in [0.1, 0.15) is 42.9 Å². The van der Waals surface area contributed by atoms with E-state index in [2.05, 4.69) is 15.5 Å². The second-order valence-corrected chi connectivity index (χ2v) is 9.02. The van der Waals surface area contributed by atoms with E-state index in [0.717, 1.165) is 42.6 Å². The third-order valence-corrected chi connectivity index (χ3v) is 6.58. The SMILES string of the molecule is C[C@@H]1OC(c2ccc(OCCCO)cc2)=N[C@]1(Cc1ccccc1CN=[N+]=[N-])C(=O)NN1CCCC1. The van der Waals surface area contributed by atoms with Crippen LogP contribution in [0.25, 0.3) is 10.4 Å². The van der Waals surface area contributed by atoms with Gasteiger partial charge < -0.3 is 14.6 Å². The Morgan fingerprint density at radius 3 is 2.67 bits per heavy atom. The number of nitrogens with one attached hydrogen (secondary N) is 1. The van der Waals surface area contributed by atoms with Crippen LogP contribution in [0, 0.1) is 0 Å². The molecule has 0 unspecified atom stereocenters. The van der Waals surface area contributed by atoms with Gasteiger partial charge in [-0.3, -0.25) is 10.2 Å². The Bertz CT molecular complexity index is 1130. The van der Waals surface area contributed by atoms with Crippen LogP contribution in [0.3, 0.4) is 0 Å². The van der Waals surface area contributed by atoms with E-state index in [1.807, 2.05) is 60.5 Å². The molecular formula is C26H32N6O4. The minimum atomic E-state index is -1.19. The van der Waals surface area contributed by atoms with Crippen molar-refractivity contribution < 1.29 is 19.4 Å². The number of hydrazine groups is 1. The first-order valence-electron chi connectivity index (χ1n) is 12.3. The number of hydrogen-bond donors (Lipinski definition) is 2. The molecule has 10 nitrogen and oxygen atoms in total. The van der Waals surface area contributed by atoms with Gasteiger partial charge in [-0.05, 0) is 60.7 Å². The molecule has 2 aromatic rings. The van der Waals surface area contributed by atoms with Gasteiger partial charge in [-0.15, -0.1) is 0 Å². The summed E-state index contributed by atoms with van der Waals surface area (Å²) >= 11 is 0. The summed E-state index contributed by atoms with van der Waals surface area (Å²) in [7, 11) is 0. The van der Waals surface area contributed by atoms with Crippen molar-refractivity contribution in [2.75, 3.05) is 26.3 Å². The van der Waals surface area contributed by atoms with E-state index in [0.29, 0.717) is 31.1 Å². The first-order chi connectivity index (χ1) is 17.6. The highest BCUT2D eigenvalue weighted by Crippen LogP contribution is 2.34. The quantitative estimate of drug-likeness (QED) is 0.214. The molecule has 0 saturated carbocycles. The summed E-state index contributed by atoms with van der Waals surface area (Å²) in [6, 6.07) is 15.0. The Balaban J connectivity index is 1.65. The van der Waals surface area contributed by atoms with Crippen LogP contribution in [-0.2, 0) is 22.5 Å². The average molecular weight is 493 g/mol. The minimum absolute atomic E-state index is 0.0776. The number of aliphatic imine (C=N–C) groups is 1. The molecule has 1 fully saturated rings. The summed E-state index contributed by atoms with van der Waals surface area (Å²) in [4.78, 5) is 21.6. The van der Waals surface area contributed by atoms with E-state index in [1.54, 1.807) is 0 Å². The predicted octanol–water partition coefficient (Wildman–Crippen LogP) is 3.53. The van der Waals surface area contributed by atoms with Gasteiger partial charge in [0.25, 0.3) is 5.91 Å². The van der Waals surface area contributed by atoms with Crippen LogP contribution in [-0.4, -0.2) is 59.9 Å². The maximum absolute atomic E-state index is 13.8. The first-order valence-corrected chi connectivity index (χ1v) is 12.3. The summed E-state index contributed by atoms with van der Waals surface area (Å²) in [5.41, 5.74) is 13.2. The molecule has 1 saturated heterocycles. The summed E-state index contributed by atoms with van der Waals surface area (Å²) in [6.07, 6.45) is 2.41. The molecule has 1 amide bonds. The summed E-state index contributed by atoms with van der Waals surface area (Å²) in [5.74, 6) is 0.867. The van der Waals surface area contributed by atoms with Crippen LogP contribution < -0.4 is 10.2 Å². The van der Waals surface area contributed by atoms with Gasteiger partial charge >= 0.3 is 0 Å². The topological polar surface area (TPSA) is 132 Å². The molecule has 0 radical (unpaired) electrons. The van der Waals surface area contributed by atoms with Crippen molar-refractivity contribution >= 4 is 11.8 Å². The second kappa shape index (κ2) is 11.9. The third kappa shape index (κ3) is 5.79. The van der Waals surface area contributed by atoms with Gasteiger partial charge in [0.2, 0.25) is 5.90 Å². The molecular weight excluding hydrogens is 460 g/mol. The Labute approximate surface area is 210 Å². The van der Waals surface area contributed by atoms with Gasteiger partial charge in [-0.25, -0.2) is 10.0 Å². The number of amides is 1. The normalized spacial score (nSPS) is 21.4. The molecule has 10 heteroatoms. The Morgan fingerprint density at radius 1 is 1.25 bits per heavy atom. The van der Waals surface area contributed by atoms with Crippen molar-refractivity contribution in [1.29, 1.82) is 0 Å². The summed E-state index contributed by atoms with van der Waals surface area (Å²) in [6.45, 7) is 4.17. The molecule has 2 atom stereocenters. The lowest BCUT2D eigenvalue weighted by molar-refractivity contribution is -0.133. The Kier molecular flexibility index (Phi) is 8.43. The smallest absolute Gasteiger partial charge is 0.266 e. The van der Waals surface area contributed by atoms with E-state index in [9.17, 15) is 4.79 Å². The van der Waals surface area contributed by atoms with Crippen LogP contribution in [0.4, 0.5) is 0 Å². The van der Waals surface area contributed by atoms with E-state index in [4.69, 9.17) is 25.1 Å². The maximum atomic E-state index is 13.8. The van der Waals surface area contributed by atoms with Gasteiger partial charge in [-0.2, -0.15) is 0 Å². The molecule has 2 heterocycles. The Morgan fingerprint density at radius 2 is 1.97 bits per heavy atom. The largest absolute Gasteiger partial charge is 0.494 e. The van der Waals surface area contributed by atoms with E-state index >= 15 is 0 Å². The van der Waals surface area contributed by atoms with Gasteiger partial charge in [0.1, 0.15) is 11.9 Å². The number of carbonyl (C=O) groups excluding carboxylic acids is 1. The lowest BCUT2D eigenvalue weighted by atomic mass is 9.84. The predicted molar refractivity (Wildman–Crippen MR) is 135 cm³/mol. The monoisotopic (exact) mass is 492 g/mol. The fourth-order valence-corrected chi connectivity index (χ4v) is 4.49. The molecule has 0 spiro atoms. The molecule has 0 aromatic heterocycles. The van der Waals surface area contributed by atoms with Crippen molar-refractivity contribution in [3.63, 3.8) is 0 Å². The summed E-state index contributed by atoms with van der Waals surface area (Å²) < 4.78 is 11.8. The molecule has 2 N–H and O–H groups in total. The van der Waals surface area contributed by atoms with E-state index < -0.39 is 11.6 Å². The number of ether oxygens (including phenoxy) is 2. The van der Waals surface area contributed by atoms with Gasteiger partial charge in [0.05, 0.1) is 13.2 Å². The molecule has 36 heavy (non-hydrogen) atoms. The van der Waals surface area contributed by atoms with E-state index in [1.165, 1.54) is 0 Å². The van der Waals surface area contributed by atoms with E-state index in [-0.39, 0.29) is 19.1 Å². The highest BCUT2D eigenvalue weighted by molar-refractivity contribution is 6.00. The molecule has 2 aliphatic rings. The standard InChI is InChI=1S/C26H32N6O4/c1-19-26(25(34)30-32-13-4-5-14-32,17-21-7-2-3-8-22(21)18-28-31-27)29-24(36-19)20-9-11-23(12-10-20)35-16-6-15-33/h2-3,7-12,19,33H,4-6,13-18H2,1H3,(H,30,34)/t19-,26-/m0/s1. The van der Waals surface area contributed by atoms with Crippen molar-refractivity contribution in [1.82, 2.24) is 10.4 Å². The highest BCUT2D eigenvalue weighted by atomic mass is 16.5. The molecule has 0 aliphatic carbocycles. The fraction of sp³-hybridized carbons (Fsp3) is 0.462. The number of aliphatic hydroxyl groups is 1. The van der Waals surface area contributed by atoms with Crippen molar-refractivity contribution in [3.8, 4) is 5.75 Å². The molecule has 2 aliphatic heterocycles. The number of carbonyl (C=O) groups is 1. The van der Waals surface area contributed by atoms with Crippen LogP contribution in [0.5, 0.6) is 5.75 Å². The van der Waals surface area contributed by atoms with Crippen LogP contribution in [0.2, 0.25) is 0 Å². The van der Waals surface area contributed by atoms with Crippen molar-refractivity contribution in [3.05, 3.63) is 75.7 Å². The number of hydrogen-bond acceptors (Lipinski definition) is 7. The number of benzene rings is 2. The Hall–Kier alpha value is -3.59. The van der Waals surface area contributed by atoms with Crippen LogP contribution >= 0.6 is 0 Å². The highest BCUT2D eigenvalue weighted by Gasteiger charge is 2.51. The number of aliphatic hydroxyl groups excluding tert-OH is 1. The lowest BCUT2D eigenvalue weighted by Gasteiger charge is -2.31. The number of rotatable bonds is 11. The average Bonchev–Trinajstić information content (AvgIpc) is 3.52. The molecule has 4 rings (SSSR count). The maximum Gasteiger partial charge on any atom is 0.266 e. The zero-order chi connectivity index (χ0) is 25.4. The zero-order valence-electron chi connectivity index (χ0n) is 20.5. The second-order valence-electron chi connectivity index (χ2n) is 9.02. The fourth-order valence-electron chi connectivity index (χ4n) is 4.49. The molecule has 0 bridgehead atoms.